The highest BCUT2D eigenvalue weighted by molar-refractivity contribution is 5.94. The van der Waals surface area contributed by atoms with Crippen LogP contribution >= 0.6 is 0 Å². The normalized spacial score (nSPS) is 13.9. The van der Waals surface area contributed by atoms with Crippen LogP contribution in [0.2, 0.25) is 0 Å². The summed E-state index contributed by atoms with van der Waals surface area (Å²) >= 11 is 0. The summed E-state index contributed by atoms with van der Waals surface area (Å²) in [6.45, 7) is 6.15. The van der Waals surface area contributed by atoms with Gasteiger partial charge in [-0.3, -0.25) is 9.59 Å². The lowest BCUT2D eigenvalue weighted by Gasteiger charge is -2.30. The van der Waals surface area contributed by atoms with Crippen molar-refractivity contribution in [1.29, 1.82) is 5.26 Å². The van der Waals surface area contributed by atoms with Gasteiger partial charge in [-0.1, -0.05) is 12.1 Å². The van der Waals surface area contributed by atoms with Crippen molar-refractivity contribution in [3.8, 4) is 6.07 Å². The molecule has 1 aromatic carbocycles. The number of benzene rings is 1. The Morgan fingerprint density at radius 1 is 1.26 bits per heavy atom. The van der Waals surface area contributed by atoms with E-state index in [0.29, 0.717) is 30.2 Å². The fourth-order valence-corrected chi connectivity index (χ4v) is 3.25. The Balaban J connectivity index is 1.82. The van der Waals surface area contributed by atoms with Crippen LogP contribution in [0, 0.1) is 25.2 Å². The number of rotatable bonds is 4. The molecule has 0 bridgehead atoms. The minimum Gasteiger partial charge on any atom is -0.378 e. The minimum absolute atomic E-state index is 0.0714. The number of nitrogens with one attached hydrogen (secondary N) is 1. The van der Waals surface area contributed by atoms with Crippen LogP contribution in [0.25, 0.3) is 0 Å². The third-order valence-electron chi connectivity index (χ3n) is 4.65. The van der Waals surface area contributed by atoms with Gasteiger partial charge >= 0.3 is 0 Å². The second-order valence-corrected chi connectivity index (χ2v) is 6.51. The summed E-state index contributed by atoms with van der Waals surface area (Å²) in [7, 11) is 0. The topological polar surface area (TPSA) is 87.4 Å². The molecule has 1 aliphatic heterocycles. The van der Waals surface area contributed by atoms with Gasteiger partial charge in [0.15, 0.2) is 0 Å². The molecule has 2 aromatic rings. The van der Waals surface area contributed by atoms with E-state index in [9.17, 15) is 14.9 Å². The molecule has 7 heteroatoms. The molecular weight excluding hydrogens is 344 g/mol. The molecule has 1 amide bonds. The molecule has 1 aromatic heterocycles. The van der Waals surface area contributed by atoms with Crippen molar-refractivity contribution in [2.75, 3.05) is 36.5 Å². The van der Waals surface area contributed by atoms with Crippen molar-refractivity contribution >= 4 is 17.3 Å². The Hall–Kier alpha value is -3.11. The Labute approximate surface area is 157 Å². The van der Waals surface area contributed by atoms with Crippen LogP contribution in [0.5, 0.6) is 0 Å². The number of morpholine rings is 1. The first-order valence-electron chi connectivity index (χ1n) is 8.84. The second kappa shape index (κ2) is 8.06. The lowest BCUT2D eigenvalue weighted by atomic mass is 10.1. The minimum atomic E-state index is -0.438. The van der Waals surface area contributed by atoms with E-state index in [4.69, 9.17) is 4.74 Å². The summed E-state index contributed by atoms with van der Waals surface area (Å²) in [4.78, 5) is 27.3. The molecule has 1 fully saturated rings. The molecule has 1 N–H and O–H groups in total. The maximum absolute atomic E-state index is 12.6. The molecule has 140 valence electrons. The largest absolute Gasteiger partial charge is 0.378 e. The molecule has 1 aliphatic rings. The summed E-state index contributed by atoms with van der Waals surface area (Å²) < 4.78 is 6.72. The van der Waals surface area contributed by atoms with Gasteiger partial charge in [0, 0.05) is 18.8 Å². The van der Waals surface area contributed by atoms with Crippen molar-refractivity contribution in [1.82, 2.24) is 4.57 Å². The van der Waals surface area contributed by atoms with Gasteiger partial charge in [0.1, 0.15) is 18.2 Å². The highest BCUT2D eigenvalue weighted by Crippen LogP contribution is 2.26. The van der Waals surface area contributed by atoms with Crippen molar-refractivity contribution in [3.05, 3.63) is 57.5 Å². The molecule has 0 radical (unpaired) electrons. The van der Waals surface area contributed by atoms with Gasteiger partial charge in [0.2, 0.25) is 5.91 Å². The highest BCUT2D eigenvalue weighted by atomic mass is 16.5. The third-order valence-corrected chi connectivity index (χ3v) is 4.65. The molecule has 7 nitrogen and oxygen atoms in total. The number of para-hydroxylation sites is 2. The molecular formula is C20H22N4O3. The maximum Gasteiger partial charge on any atom is 0.269 e. The number of aromatic nitrogens is 1. The average Bonchev–Trinajstić information content (AvgIpc) is 2.66. The monoisotopic (exact) mass is 366 g/mol. The summed E-state index contributed by atoms with van der Waals surface area (Å²) in [5, 5.41) is 12.1. The van der Waals surface area contributed by atoms with Gasteiger partial charge in [-0.2, -0.15) is 5.26 Å². The van der Waals surface area contributed by atoms with E-state index in [0.717, 1.165) is 18.8 Å². The van der Waals surface area contributed by atoms with Crippen LogP contribution < -0.4 is 15.8 Å². The van der Waals surface area contributed by atoms with Crippen molar-refractivity contribution in [2.45, 2.75) is 20.4 Å². The number of anilines is 2. The van der Waals surface area contributed by atoms with E-state index in [1.165, 1.54) is 4.57 Å². The summed E-state index contributed by atoms with van der Waals surface area (Å²) in [6.07, 6.45) is 0. The molecule has 2 heterocycles. The van der Waals surface area contributed by atoms with E-state index >= 15 is 0 Å². The lowest BCUT2D eigenvalue weighted by molar-refractivity contribution is -0.116. The summed E-state index contributed by atoms with van der Waals surface area (Å²) in [5.41, 5.74) is 2.53. The molecule has 1 saturated heterocycles. The summed E-state index contributed by atoms with van der Waals surface area (Å²) in [6, 6.07) is 11.2. The number of pyridine rings is 1. The zero-order valence-electron chi connectivity index (χ0n) is 15.5. The standard InChI is InChI=1S/C20H22N4O3/c1-14-11-15(2)24(20(26)16(14)12-21)13-19(25)22-17-5-3-4-6-18(17)23-7-9-27-10-8-23/h3-6,11H,7-10,13H2,1-2H3,(H,22,25). The van der Waals surface area contributed by atoms with Crippen molar-refractivity contribution < 1.29 is 9.53 Å². The van der Waals surface area contributed by atoms with Crippen LogP contribution in [0.15, 0.2) is 35.1 Å². The van der Waals surface area contributed by atoms with Crippen LogP contribution in [0.1, 0.15) is 16.8 Å². The predicted molar refractivity (Wildman–Crippen MR) is 103 cm³/mol. The van der Waals surface area contributed by atoms with E-state index < -0.39 is 5.56 Å². The first-order chi connectivity index (χ1) is 13.0. The SMILES string of the molecule is Cc1cc(C)n(CC(=O)Nc2ccccc2N2CCOCC2)c(=O)c1C#N. The number of nitriles is 1. The molecule has 0 unspecified atom stereocenters. The van der Waals surface area contributed by atoms with Gasteiger partial charge in [-0.25, -0.2) is 0 Å². The number of aryl methyl sites for hydroxylation is 2. The van der Waals surface area contributed by atoms with E-state index in [1.54, 1.807) is 19.9 Å². The smallest absolute Gasteiger partial charge is 0.269 e. The fourth-order valence-electron chi connectivity index (χ4n) is 3.25. The van der Waals surface area contributed by atoms with Gasteiger partial charge in [0.25, 0.3) is 5.56 Å². The molecule has 27 heavy (non-hydrogen) atoms. The molecule has 0 saturated carbocycles. The van der Waals surface area contributed by atoms with Crippen LogP contribution in [-0.2, 0) is 16.1 Å². The predicted octanol–water partition coefficient (Wildman–Crippen LogP) is 1.81. The molecule has 0 atom stereocenters. The Kier molecular flexibility index (Phi) is 5.57. The summed E-state index contributed by atoms with van der Waals surface area (Å²) in [5.74, 6) is -0.311. The van der Waals surface area contributed by atoms with E-state index in [-0.39, 0.29) is 18.0 Å². The zero-order chi connectivity index (χ0) is 19.4. The van der Waals surface area contributed by atoms with Crippen molar-refractivity contribution in [3.63, 3.8) is 0 Å². The number of carbonyl (C=O) groups excluding carboxylic acids is 1. The Morgan fingerprint density at radius 2 is 1.96 bits per heavy atom. The second-order valence-electron chi connectivity index (χ2n) is 6.51. The van der Waals surface area contributed by atoms with Gasteiger partial charge in [-0.15, -0.1) is 0 Å². The number of amides is 1. The highest BCUT2D eigenvalue weighted by Gasteiger charge is 2.17. The van der Waals surface area contributed by atoms with Gasteiger partial charge in [0.05, 0.1) is 24.6 Å². The van der Waals surface area contributed by atoms with E-state index in [1.807, 2.05) is 30.3 Å². The number of nitrogens with zero attached hydrogens (tertiary/aromatic N) is 3. The van der Waals surface area contributed by atoms with E-state index in [2.05, 4.69) is 10.2 Å². The maximum atomic E-state index is 12.6. The number of hydrogen-bond donors (Lipinski definition) is 1. The molecule has 0 spiro atoms. The molecule has 3 rings (SSSR count). The van der Waals surface area contributed by atoms with Crippen molar-refractivity contribution in [2.24, 2.45) is 0 Å². The Morgan fingerprint density at radius 3 is 2.67 bits per heavy atom. The number of hydrogen-bond acceptors (Lipinski definition) is 5. The van der Waals surface area contributed by atoms with Crippen LogP contribution in [0.3, 0.4) is 0 Å². The zero-order valence-corrected chi connectivity index (χ0v) is 15.5. The quantitative estimate of drug-likeness (QED) is 0.892. The number of carbonyl (C=O) groups is 1. The Bertz CT molecular complexity index is 953. The third kappa shape index (κ3) is 4.01. The van der Waals surface area contributed by atoms with Crippen LogP contribution in [-0.4, -0.2) is 36.8 Å². The molecule has 0 aliphatic carbocycles. The van der Waals surface area contributed by atoms with Crippen LogP contribution in [0.4, 0.5) is 11.4 Å². The van der Waals surface area contributed by atoms with Gasteiger partial charge in [-0.05, 0) is 37.6 Å². The first kappa shape index (κ1) is 18.7. The number of ether oxygens (including phenoxy) is 1. The average molecular weight is 366 g/mol. The first-order valence-corrected chi connectivity index (χ1v) is 8.84. The van der Waals surface area contributed by atoms with Gasteiger partial charge < -0.3 is 19.5 Å². The lowest BCUT2D eigenvalue weighted by Crippen LogP contribution is -2.37. The fraction of sp³-hybridized carbons (Fsp3) is 0.350.